The molecule has 0 aromatic heterocycles. The topological polar surface area (TPSA) is 72.6 Å². The van der Waals surface area contributed by atoms with Crippen LogP contribution in [0.5, 0.6) is 11.5 Å². The number of aromatic hydroxyl groups is 1. The van der Waals surface area contributed by atoms with Gasteiger partial charge in [-0.1, -0.05) is 11.6 Å². The largest absolute Gasteiger partial charge is 0.506 e. The Balaban J connectivity index is 2.32. The zero-order valence-electron chi connectivity index (χ0n) is 8.57. The highest BCUT2D eigenvalue weighted by Gasteiger charge is 2.28. The van der Waals surface area contributed by atoms with Crippen molar-refractivity contribution in [1.29, 1.82) is 0 Å². The first-order chi connectivity index (χ1) is 7.61. The van der Waals surface area contributed by atoms with E-state index in [9.17, 15) is 9.90 Å². The summed E-state index contributed by atoms with van der Waals surface area (Å²) in [5.74, 6) is -0.191. The first-order valence-corrected chi connectivity index (χ1v) is 5.42. The number of rotatable bonds is 2. The van der Waals surface area contributed by atoms with Crippen molar-refractivity contribution in [1.82, 2.24) is 0 Å². The second-order valence-electron chi connectivity index (χ2n) is 3.81. The second kappa shape index (κ2) is 4.31. The third-order valence-electron chi connectivity index (χ3n) is 2.66. The van der Waals surface area contributed by atoms with Crippen LogP contribution in [0.15, 0.2) is 12.1 Å². The van der Waals surface area contributed by atoms with Gasteiger partial charge in [0.05, 0.1) is 10.9 Å². The molecule has 0 aliphatic carbocycles. The van der Waals surface area contributed by atoms with E-state index in [0.717, 1.165) is 5.56 Å². The highest BCUT2D eigenvalue weighted by Crippen LogP contribution is 2.36. The fraction of sp³-hybridized carbons (Fsp3) is 0.364. The molecule has 86 valence electrons. The summed E-state index contributed by atoms with van der Waals surface area (Å²) in [6.07, 6.45) is 1.15. The molecule has 0 bridgehead atoms. The minimum atomic E-state index is -0.292. The van der Waals surface area contributed by atoms with Gasteiger partial charge in [-0.25, -0.2) is 0 Å². The molecule has 1 heterocycles. The van der Waals surface area contributed by atoms with Crippen molar-refractivity contribution in [2.45, 2.75) is 12.8 Å². The third-order valence-corrected chi connectivity index (χ3v) is 2.96. The molecule has 4 nitrogen and oxygen atoms in total. The molecule has 0 amide bonds. The quantitative estimate of drug-likeness (QED) is 0.608. The number of halogens is 1. The highest BCUT2D eigenvalue weighted by atomic mass is 35.5. The van der Waals surface area contributed by atoms with Crippen molar-refractivity contribution < 1.29 is 14.6 Å². The number of ether oxygens (including phenoxy) is 1. The normalized spacial score (nSPS) is 19.1. The molecule has 1 aliphatic rings. The fourth-order valence-electron chi connectivity index (χ4n) is 1.80. The standard InChI is InChI=1S/C11H12ClNO3/c12-8-4-7-3-6(1-2-13)11(15)16-10(7)5-9(8)14/h4-6,14H,1-3,13H2. The summed E-state index contributed by atoms with van der Waals surface area (Å²) in [4.78, 5) is 11.6. The van der Waals surface area contributed by atoms with Gasteiger partial charge in [0.15, 0.2) is 0 Å². The number of phenols is 1. The van der Waals surface area contributed by atoms with Crippen LogP contribution in [0.3, 0.4) is 0 Å². The van der Waals surface area contributed by atoms with Gasteiger partial charge >= 0.3 is 5.97 Å². The van der Waals surface area contributed by atoms with E-state index in [4.69, 9.17) is 22.1 Å². The summed E-state index contributed by atoms with van der Waals surface area (Å²) in [7, 11) is 0. The Bertz CT molecular complexity index is 433. The van der Waals surface area contributed by atoms with Crippen LogP contribution in [-0.4, -0.2) is 17.6 Å². The number of fused-ring (bicyclic) bond motifs is 1. The van der Waals surface area contributed by atoms with Crippen LogP contribution in [0, 0.1) is 5.92 Å². The van der Waals surface area contributed by atoms with Crippen LogP contribution in [0.1, 0.15) is 12.0 Å². The zero-order valence-corrected chi connectivity index (χ0v) is 9.33. The fourth-order valence-corrected chi connectivity index (χ4v) is 1.99. The third kappa shape index (κ3) is 1.99. The number of esters is 1. The van der Waals surface area contributed by atoms with Crippen molar-refractivity contribution >= 4 is 17.6 Å². The molecule has 2 rings (SSSR count). The number of nitrogens with two attached hydrogens (primary N) is 1. The van der Waals surface area contributed by atoms with E-state index in [2.05, 4.69) is 0 Å². The number of carbonyl (C=O) groups is 1. The van der Waals surface area contributed by atoms with Crippen LogP contribution < -0.4 is 10.5 Å². The Kier molecular flexibility index (Phi) is 3.03. The minimum Gasteiger partial charge on any atom is -0.506 e. The van der Waals surface area contributed by atoms with Crippen molar-refractivity contribution in [2.24, 2.45) is 11.7 Å². The molecule has 1 atom stereocenters. The molecule has 0 saturated carbocycles. The predicted octanol–water partition coefficient (Wildman–Crippen LogP) is 1.47. The summed E-state index contributed by atoms with van der Waals surface area (Å²) >= 11 is 5.79. The summed E-state index contributed by atoms with van der Waals surface area (Å²) in [5.41, 5.74) is 6.26. The maximum atomic E-state index is 11.6. The van der Waals surface area contributed by atoms with E-state index in [0.29, 0.717) is 25.1 Å². The molecule has 1 aliphatic heterocycles. The molecule has 0 saturated heterocycles. The van der Waals surface area contributed by atoms with E-state index in [1.807, 2.05) is 0 Å². The van der Waals surface area contributed by atoms with Crippen molar-refractivity contribution in [3.8, 4) is 11.5 Å². The van der Waals surface area contributed by atoms with Crippen molar-refractivity contribution in [3.63, 3.8) is 0 Å². The lowest BCUT2D eigenvalue weighted by molar-refractivity contribution is -0.140. The second-order valence-corrected chi connectivity index (χ2v) is 4.22. The Hall–Kier alpha value is -1.26. The molecule has 1 aromatic carbocycles. The van der Waals surface area contributed by atoms with Gasteiger partial charge in [-0.05, 0) is 31.0 Å². The number of phenolic OH excluding ortho intramolecular Hbond substituents is 1. The molecule has 3 N–H and O–H groups in total. The van der Waals surface area contributed by atoms with Gasteiger partial charge in [0.1, 0.15) is 11.5 Å². The monoisotopic (exact) mass is 241 g/mol. The number of hydrogen-bond donors (Lipinski definition) is 2. The lowest BCUT2D eigenvalue weighted by Crippen LogP contribution is -2.29. The van der Waals surface area contributed by atoms with E-state index < -0.39 is 0 Å². The van der Waals surface area contributed by atoms with Crippen LogP contribution in [0.4, 0.5) is 0 Å². The SMILES string of the molecule is NCCC1Cc2cc(Cl)c(O)cc2OC1=O. The Labute approximate surface area is 98.0 Å². The van der Waals surface area contributed by atoms with E-state index in [-0.39, 0.29) is 22.7 Å². The molecular formula is C11H12ClNO3. The molecule has 5 heteroatoms. The van der Waals surface area contributed by atoms with Gasteiger partial charge in [-0.3, -0.25) is 4.79 Å². The summed E-state index contributed by atoms with van der Waals surface area (Å²) in [5, 5.41) is 9.65. The lowest BCUT2D eigenvalue weighted by atomic mass is 9.93. The average Bonchev–Trinajstić information content (AvgIpc) is 2.23. The molecule has 1 aromatic rings. The van der Waals surface area contributed by atoms with E-state index in [1.165, 1.54) is 6.07 Å². The van der Waals surface area contributed by atoms with Gasteiger partial charge in [0.25, 0.3) is 0 Å². The van der Waals surface area contributed by atoms with Crippen molar-refractivity contribution in [3.05, 3.63) is 22.7 Å². The average molecular weight is 242 g/mol. The number of hydrogen-bond acceptors (Lipinski definition) is 4. The Morgan fingerprint density at radius 2 is 2.31 bits per heavy atom. The molecule has 0 fully saturated rings. The van der Waals surface area contributed by atoms with Gasteiger partial charge in [0.2, 0.25) is 0 Å². The van der Waals surface area contributed by atoms with E-state index >= 15 is 0 Å². The Morgan fingerprint density at radius 1 is 1.56 bits per heavy atom. The summed E-state index contributed by atoms with van der Waals surface area (Å²) < 4.78 is 5.12. The number of carbonyl (C=O) groups excluding carboxylic acids is 1. The van der Waals surface area contributed by atoms with Gasteiger partial charge in [-0.2, -0.15) is 0 Å². The molecule has 1 unspecified atom stereocenters. The minimum absolute atomic E-state index is 0.0782. The first kappa shape index (κ1) is 11.2. The van der Waals surface area contributed by atoms with Crippen LogP contribution in [0.25, 0.3) is 0 Å². The summed E-state index contributed by atoms with van der Waals surface area (Å²) in [6.45, 7) is 0.445. The van der Waals surface area contributed by atoms with Gasteiger partial charge in [0, 0.05) is 6.07 Å². The van der Waals surface area contributed by atoms with Crippen LogP contribution in [-0.2, 0) is 11.2 Å². The van der Waals surface area contributed by atoms with Crippen molar-refractivity contribution in [2.75, 3.05) is 6.54 Å². The maximum absolute atomic E-state index is 11.6. The smallest absolute Gasteiger partial charge is 0.314 e. The van der Waals surface area contributed by atoms with Gasteiger partial charge in [-0.15, -0.1) is 0 Å². The highest BCUT2D eigenvalue weighted by molar-refractivity contribution is 6.32. The zero-order chi connectivity index (χ0) is 11.7. The molecule has 0 radical (unpaired) electrons. The van der Waals surface area contributed by atoms with Gasteiger partial charge < -0.3 is 15.6 Å². The predicted molar refractivity (Wildman–Crippen MR) is 59.6 cm³/mol. The van der Waals surface area contributed by atoms with E-state index in [1.54, 1.807) is 6.07 Å². The molecular weight excluding hydrogens is 230 g/mol. The number of benzene rings is 1. The molecule has 0 spiro atoms. The Morgan fingerprint density at radius 3 is 3.00 bits per heavy atom. The molecule has 16 heavy (non-hydrogen) atoms. The lowest BCUT2D eigenvalue weighted by Gasteiger charge is -2.23. The summed E-state index contributed by atoms with van der Waals surface area (Å²) in [6, 6.07) is 3.00. The van der Waals surface area contributed by atoms with Crippen LogP contribution in [0.2, 0.25) is 5.02 Å². The first-order valence-electron chi connectivity index (χ1n) is 5.05. The van der Waals surface area contributed by atoms with Crippen LogP contribution >= 0.6 is 11.6 Å². The maximum Gasteiger partial charge on any atom is 0.314 e.